The quantitative estimate of drug-likeness (QED) is 0.293. The van der Waals surface area contributed by atoms with E-state index in [0.29, 0.717) is 19.9 Å². The predicted octanol–water partition coefficient (Wildman–Crippen LogP) is 4.02. The van der Waals surface area contributed by atoms with Crippen molar-refractivity contribution in [3.05, 3.63) is 40.6 Å². The molecule has 0 unspecified atom stereocenters. The number of thiocarbonyl (C=S) groups is 1. The number of thioether (sulfide) groups is 2. The molecule has 0 bridgehead atoms. The number of nitrogens with one attached hydrogen (secondary N) is 1. The van der Waals surface area contributed by atoms with Crippen LogP contribution >= 0.6 is 47.1 Å². The number of anilines is 1. The Morgan fingerprint density at radius 1 is 1.36 bits per heavy atom. The molecule has 0 saturated carbocycles. The molecule has 11 heteroatoms. The molecule has 0 atom stereocenters. The largest absolute Gasteiger partial charge is 0.300 e. The van der Waals surface area contributed by atoms with Gasteiger partial charge in [-0.1, -0.05) is 66.1 Å². The fraction of sp³-hybridized carbons (Fsp3) is 0.235. The van der Waals surface area contributed by atoms with Crippen LogP contribution in [0.15, 0.2) is 33.5 Å². The number of rotatable bonds is 7. The lowest BCUT2D eigenvalue weighted by molar-refractivity contribution is -0.122. The van der Waals surface area contributed by atoms with Crippen LogP contribution in [-0.4, -0.2) is 43.5 Å². The lowest BCUT2D eigenvalue weighted by Gasteiger charge is -2.13. The van der Waals surface area contributed by atoms with Crippen LogP contribution < -0.4 is 5.32 Å². The Kier molecular flexibility index (Phi) is 7.16. The van der Waals surface area contributed by atoms with Gasteiger partial charge in [0.1, 0.15) is 10.1 Å². The van der Waals surface area contributed by atoms with E-state index in [0.717, 1.165) is 10.1 Å². The van der Waals surface area contributed by atoms with Crippen molar-refractivity contribution in [1.82, 2.24) is 15.1 Å². The maximum absolute atomic E-state index is 13.0. The first-order chi connectivity index (χ1) is 13.5. The van der Waals surface area contributed by atoms with Gasteiger partial charge in [-0.3, -0.25) is 14.5 Å². The Balaban J connectivity index is 1.56. The van der Waals surface area contributed by atoms with Gasteiger partial charge < -0.3 is 5.32 Å². The second-order valence-electron chi connectivity index (χ2n) is 5.49. The lowest BCUT2D eigenvalue weighted by atomic mass is 10.2. The summed E-state index contributed by atoms with van der Waals surface area (Å²) in [5, 5.41) is 11.0. The van der Waals surface area contributed by atoms with Crippen LogP contribution in [0, 0.1) is 5.82 Å². The van der Waals surface area contributed by atoms with Crippen LogP contribution in [0.3, 0.4) is 0 Å². The molecule has 2 amide bonds. The Bertz CT molecular complexity index is 929. The molecular formula is C17H15FN4O2S4. The molecule has 3 rings (SSSR count). The number of aromatic nitrogens is 2. The maximum atomic E-state index is 13.0. The van der Waals surface area contributed by atoms with E-state index >= 15 is 0 Å². The Morgan fingerprint density at radius 3 is 2.82 bits per heavy atom. The molecule has 0 spiro atoms. The van der Waals surface area contributed by atoms with Gasteiger partial charge in [-0.15, -0.1) is 10.2 Å². The highest BCUT2D eigenvalue weighted by atomic mass is 32.2. The summed E-state index contributed by atoms with van der Waals surface area (Å²) in [5.41, 5.74) is 0.705. The van der Waals surface area contributed by atoms with E-state index in [-0.39, 0.29) is 30.6 Å². The van der Waals surface area contributed by atoms with Crippen molar-refractivity contribution in [2.45, 2.75) is 17.7 Å². The molecule has 6 nitrogen and oxygen atoms in total. The second-order valence-corrected chi connectivity index (χ2v) is 9.65. The van der Waals surface area contributed by atoms with Crippen LogP contribution in [0.2, 0.25) is 0 Å². The SMILES string of the molecule is CCSc1nnc(NC(=O)CCN2C(=O)/C(=C/c3ccc(F)cc3)SC2=S)s1. The third kappa shape index (κ3) is 5.37. The average molecular weight is 455 g/mol. The Hall–Kier alpha value is -1.82. The van der Waals surface area contributed by atoms with E-state index in [9.17, 15) is 14.0 Å². The van der Waals surface area contributed by atoms with E-state index in [2.05, 4.69) is 15.5 Å². The van der Waals surface area contributed by atoms with Gasteiger partial charge in [0.25, 0.3) is 5.91 Å². The minimum atomic E-state index is -0.341. The van der Waals surface area contributed by atoms with E-state index < -0.39 is 0 Å². The molecule has 1 aliphatic rings. The summed E-state index contributed by atoms with van der Waals surface area (Å²) in [6.45, 7) is 2.18. The van der Waals surface area contributed by atoms with Crippen LogP contribution in [-0.2, 0) is 9.59 Å². The summed E-state index contributed by atoms with van der Waals surface area (Å²) in [6, 6.07) is 5.83. The van der Waals surface area contributed by atoms with Crippen LogP contribution in [0.4, 0.5) is 9.52 Å². The van der Waals surface area contributed by atoms with E-state index in [1.54, 1.807) is 30.0 Å². The molecular weight excluding hydrogens is 439 g/mol. The molecule has 1 fully saturated rings. The van der Waals surface area contributed by atoms with Gasteiger partial charge in [0.2, 0.25) is 11.0 Å². The predicted molar refractivity (Wildman–Crippen MR) is 116 cm³/mol. The third-order valence-electron chi connectivity index (χ3n) is 3.52. The summed E-state index contributed by atoms with van der Waals surface area (Å²) in [4.78, 5) is 26.5. The first-order valence-electron chi connectivity index (χ1n) is 8.23. The number of carbonyl (C=O) groups is 2. The van der Waals surface area contributed by atoms with Gasteiger partial charge in [0, 0.05) is 13.0 Å². The molecule has 1 aliphatic heterocycles. The van der Waals surface area contributed by atoms with Gasteiger partial charge in [-0.25, -0.2) is 4.39 Å². The fourth-order valence-electron chi connectivity index (χ4n) is 2.24. The molecule has 2 aromatic rings. The molecule has 1 aromatic heterocycles. The average Bonchev–Trinajstić information content (AvgIpc) is 3.20. The van der Waals surface area contributed by atoms with E-state index in [1.807, 2.05) is 6.92 Å². The molecule has 28 heavy (non-hydrogen) atoms. The zero-order valence-corrected chi connectivity index (χ0v) is 17.9. The number of benzene rings is 1. The second kappa shape index (κ2) is 9.59. The minimum absolute atomic E-state index is 0.0894. The summed E-state index contributed by atoms with van der Waals surface area (Å²) >= 11 is 9.29. The smallest absolute Gasteiger partial charge is 0.266 e. The molecule has 1 N–H and O–H groups in total. The van der Waals surface area contributed by atoms with E-state index in [4.69, 9.17) is 12.2 Å². The molecule has 1 aromatic carbocycles. The van der Waals surface area contributed by atoms with Crippen molar-refractivity contribution in [3.8, 4) is 0 Å². The number of nitrogens with zero attached hydrogens (tertiary/aromatic N) is 3. The first-order valence-corrected chi connectivity index (χ1v) is 11.3. The van der Waals surface area contributed by atoms with Gasteiger partial charge in [0.15, 0.2) is 4.34 Å². The summed E-state index contributed by atoms with van der Waals surface area (Å²) < 4.78 is 14.2. The number of hydrogen-bond donors (Lipinski definition) is 1. The highest BCUT2D eigenvalue weighted by Gasteiger charge is 2.32. The van der Waals surface area contributed by atoms with Crippen molar-refractivity contribution < 1.29 is 14.0 Å². The number of amides is 2. The van der Waals surface area contributed by atoms with Crippen LogP contribution in [0.1, 0.15) is 18.9 Å². The monoisotopic (exact) mass is 454 g/mol. The number of carbonyl (C=O) groups excluding carboxylic acids is 2. The maximum Gasteiger partial charge on any atom is 0.266 e. The zero-order chi connectivity index (χ0) is 20.1. The lowest BCUT2D eigenvalue weighted by Crippen LogP contribution is -2.31. The van der Waals surface area contributed by atoms with Gasteiger partial charge in [-0.05, 0) is 29.5 Å². The normalized spacial score (nSPS) is 15.5. The number of hydrogen-bond acceptors (Lipinski definition) is 8. The minimum Gasteiger partial charge on any atom is -0.300 e. The summed E-state index contributed by atoms with van der Waals surface area (Å²) in [5.74, 6) is 0.0136. The highest BCUT2D eigenvalue weighted by molar-refractivity contribution is 8.26. The van der Waals surface area contributed by atoms with Crippen molar-refractivity contribution in [3.63, 3.8) is 0 Å². The Morgan fingerprint density at radius 2 is 2.11 bits per heavy atom. The molecule has 0 radical (unpaired) electrons. The molecule has 1 saturated heterocycles. The molecule has 0 aliphatic carbocycles. The topological polar surface area (TPSA) is 75.2 Å². The van der Waals surface area contributed by atoms with Crippen LogP contribution in [0.25, 0.3) is 6.08 Å². The van der Waals surface area contributed by atoms with Crippen molar-refractivity contribution in [1.29, 1.82) is 0 Å². The highest BCUT2D eigenvalue weighted by Crippen LogP contribution is 2.32. The fourth-order valence-corrected chi connectivity index (χ4v) is 5.21. The summed E-state index contributed by atoms with van der Waals surface area (Å²) in [7, 11) is 0. The number of halogens is 1. The van der Waals surface area contributed by atoms with Gasteiger partial charge in [-0.2, -0.15) is 0 Å². The standard InChI is InChI=1S/C17H15FN4O2S4/c1-2-26-16-21-20-15(28-16)19-13(23)7-8-22-14(24)12(27-17(22)25)9-10-3-5-11(18)6-4-10/h3-6,9H,2,7-8H2,1H3,(H,19,20,23)/b12-9-. The van der Waals surface area contributed by atoms with Crippen molar-refractivity contribution in [2.24, 2.45) is 0 Å². The zero-order valence-electron chi connectivity index (χ0n) is 14.7. The Labute approximate surface area is 179 Å². The molecule has 146 valence electrons. The third-order valence-corrected chi connectivity index (χ3v) is 6.76. The van der Waals surface area contributed by atoms with Gasteiger partial charge in [0.05, 0.1) is 4.91 Å². The van der Waals surface area contributed by atoms with Gasteiger partial charge >= 0.3 is 0 Å². The summed E-state index contributed by atoms with van der Waals surface area (Å²) in [6.07, 6.45) is 1.75. The van der Waals surface area contributed by atoms with Crippen molar-refractivity contribution >= 4 is 74.4 Å². The molecule has 2 heterocycles. The van der Waals surface area contributed by atoms with Crippen molar-refractivity contribution in [2.75, 3.05) is 17.6 Å². The first kappa shape index (κ1) is 20.9. The van der Waals surface area contributed by atoms with Crippen LogP contribution in [0.5, 0.6) is 0 Å². The van der Waals surface area contributed by atoms with E-state index in [1.165, 1.54) is 40.1 Å².